The number of nitrogens with two attached hydrogens (primary N) is 1. The van der Waals surface area contributed by atoms with Gasteiger partial charge < -0.3 is 15.4 Å². The van der Waals surface area contributed by atoms with Crippen LogP contribution in [0.5, 0.6) is 5.88 Å². The number of methoxy groups -OCH3 is 1. The van der Waals surface area contributed by atoms with E-state index in [1.54, 1.807) is 7.11 Å². The van der Waals surface area contributed by atoms with Gasteiger partial charge in [0.05, 0.1) is 7.11 Å². The topological polar surface area (TPSA) is 51.4 Å². The number of hydrogen-bond donors (Lipinski definition) is 1. The quantitative estimate of drug-likeness (QED) is 0.863. The zero-order valence-corrected chi connectivity index (χ0v) is 10.9. The lowest BCUT2D eigenvalue weighted by atomic mass is 9.78. The molecule has 3 rings (SSSR count). The maximum atomic E-state index is 6.24. The van der Waals surface area contributed by atoms with Crippen molar-refractivity contribution in [2.45, 2.75) is 25.3 Å². The minimum atomic E-state index is 0.374. The van der Waals surface area contributed by atoms with Crippen LogP contribution in [0.15, 0.2) is 18.2 Å². The van der Waals surface area contributed by atoms with Gasteiger partial charge in [-0.15, -0.1) is 0 Å². The molecule has 1 aromatic heterocycles. The summed E-state index contributed by atoms with van der Waals surface area (Å²) in [4.78, 5) is 6.88. The van der Waals surface area contributed by atoms with Crippen molar-refractivity contribution in [3.8, 4) is 5.88 Å². The summed E-state index contributed by atoms with van der Waals surface area (Å²) in [6.45, 7) is 2.14. The van der Waals surface area contributed by atoms with Gasteiger partial charge in [0.15, 0.2) is 0 Å². The summed E-state index contributed by atoms with van der Waals surface area (Å²) in [5.74, 6) is 3.11. The van der Waals surface area contributed by atoms with Crippen LogP contribution in [0.1, 0.15) is 19.3 Å². The maximum Gasteiger partial charge on any atom is 0.214 e. The summed E-state index contributed by atoms with van der Waals surface area (Å²) in [6, 6.07) is 6.33. The molecule has 2 fully saturated rings. The Bertz CT molecular complexity index is 423. The highest BCUT2D eigenvalue weighted by atomic mass is 16.5. The Morgan fingerprint density at radius 2 is 2.22 bits per heavy atom. The first-order valence-electron chi connectivity index (χ1n) is 6.79. The van der Waals surface area contributed by atoms with E-state index in [0.717, 1.165) is 24.8 Å². The van der Waals surface area contributed by atoms with E-state index >= 15 is 0 Å². The summed E-state index contributed by atoms with van der Waals surface area (Å²) in [7, 11) is 1.66. The van der Waals surface area contributed by atoms with Crippen molar-refractivity contribution in [3.05, 3.63) is 18.2 Å². The molecule has 2 heterocycles. The van der Waals surface area contributed by atoms with Crippen LogP contribution in [0.25, 0.3) is 0 Å². The molecule has 3 unspecified atom stereocenters. The van der Waals surface area contributed by atoms with Crippen LogP contribution in [0.3, 0.4) is 0 Å². The third-order valence-electron chi connectivity index (χ3n) is 4.40. The molecular formula is C14H21N3O. The molecule has 2 N–H and O–H groups in total. The lowest BCUT2D eigenvalue weighted by Gasteiger charge is -2.29. The molecule has 4 nitrogen and oxygen atoms in total. The Labute approximate surface area is 108 Å². The monoisotopic (exact) mass is 247 g/mol. The molecule has 2 aliphatic rings. The van der Waals surface area contributed by atoms with E-state index in [2.05, 4.69) is 16.0 Å². The highest BCUT2D eigenvalue weighted by Crippen LogP contribution is 2.37. The first-order chi connectivity index (χ1) is 8.78. The van der Waals surface area contributed by atoms with E-state index in [1.807, 2.05) is 12.1 Å². The standard InChI is InChI=1S/C14H21N3O/c1-18-14-7-3-6-13(16-14)17-8-10-4-2-5-12(15)11(10)9-17/h3,6-7,10-12H,2,4-5,8-9,15H2,1H3. The SMILES string of the molecule is COc1cccc(N2CC3CCCC(N)C3C2)n1. The third kappa shape index (κ3) is 2.05. The third-order valence-corrected chi connectivity index (χ3v) is 4.40. The molecule has 0 spiro atoms. The molecule has 1 aromatic rings. The minimum absolute atomic E-state index is 0.374. The van der Waals surface area contributed by atoms with Gasteiger partial charge in [0.25, 0.3) is 0 Å². The van der Waals surface area contributed by atoms with Crippen molar-refractivity contribution < 1.29 is 4.74 Å². The van der Waals surface area contributed by atoms with Crippen molar-refractivity contribution in [2.75, 3.05) is 25.1 Å². The van der Waals surface area contributed by atoms with Crippen LogP contribution < -0.4 is 15.4 Å². The predicted molar refractivity (Wildman–Crippen MR) is 71.8 cm³/mol. The molecule has 0 amide bonds. The first kappa shape index (κ1) is 11.8. The molecule has 0 aromatic carbocycles. The van der Waals surface area contributed by atoms with E-state index in [4.69, 9.17) is 10.5 Å². The van der Waals surface area contributed by atoms with E-state index in [0.29, 0.717) is 17.8 Å². The van der Waals surface area contributed by atoms with Gasteiger partial charge >= 0.3 is 0 Å². The largest absolute Gasteiger partial charge is 0.481 e. The molecule has 0 bridgehead atoms. The number of pyridine rings is 1. The van der Waals surface area contributed by atoms with Crippen molar-refractivity contribution in [2.24, 2.45) is 17.6 Å². The number of fused-ring (bicyclic) bond motifs is 1. The van der Waals surface area contributed by atoms with Gasteiger partial charge in [-0.25, -0.2) is 0 Å². The summed E-state index contributed by atoms with van der Waals surface area (Å²) in [5, 5.41) is 0. The normalized spacial score (nSPS) is 31.2. The highest BCUT2D eigenvalue weighted by molar-refractivity contribution is 5.42. The zero-order chi connectivity index (χ0) is 12.5. The second kappa shape index (κ2) is 4.76. The van der Waals surface area contributed by atoms with Gasteiger partial charge in [0.1, 0.15) is 5.82 Å². The predicted octanol–water partition coefficient (Wildman–Crippen LogP) is 1.65. The second-order valence-corrected chi connectivity index (χ2v) is 5.46. The Kier molecular flexibility index (Phi) is 3.12. The van der Waals surface area contributed by atoms with E-state index in [-0.39, 0.29) is 0 Å². The molecule has 1 saturated heterocycles. The van der Waals surface area contributed by atoms with E-state index in [9.17, 15) is 0 Å². The van der Waals surface area contributed by atoms with Gasteiger partial charge in [0.2, 0.25) is 5.88 Å². The van der Waals surface area contributed by atoms with Gasteiger partial charge in [0, 0.05) is 25.2 Å². The Morgan fingerprint density at radius 3 is 3.00 bits per heavy atom. The molecule has 4 heteroatoms. The summed E-state index contributed by atoms with van der Waals surface area (Å²) in [6.07, 6.45) is 3.78. The lowest BCUT2D eigenvalue weighted by Crippen LogP contribution is -2.38. The van der Waals surface area contributed by atoms with Crippen LogP contribution in [-0.2, 0) is 0 Å². The van der Waals surface area contributed by atoms with Crippen molar-refractivity contribution in [3.63, 3.8) is 0 Å². The number of anilines is 1. The maximum absolute atomic E-state index is 6.24. The zero-order valence-electron chi connectivity index (χ0n) is 10.9. The molecule has 18 heavy (non-hydrogen) atoms. The van der Waals surface area contributed by atoms with Crippen LogP contribution in [-0.4, -0.2) is 31.2 Å². The molecule has 0 radical (unpaired) electrons. The molecule has 1 saturated carbocycles. The van der Waals surface area contributed by atoms with Gasteiger partial charge in [-0.2, -0.15) is 4.98 Å². The fourth-order valence-corrected chi connectivity index (χ4v) is 3.40. The molecule has 1 aliphatic carbocycles. The summed E-state index contributed by atoms with van der Waals surface area (Å²) in [5.41, 5.74) is 6.24. The average molecular weight is 247 g/mol. The fourth-order valence-electron chi connectivity index (χ4n) is 3.40. The minimum Gasteiger partial charge on any atom is -0.481 e. The van der Waals surface area contributed by atoms with E-state index in [1.165, 1.54) is 19.3 Å². The summed E-state index contributed by atoms with van der Waals surface area (Å²) >= 11 is 0. The Balaban J connectivity index is 1.78. The van der Waals surface area contributed by atoms with Crippen LogP contribution >= 0.6 is 0 Å². The van der Waals surface area contributed by atoms with Crippen LogP contribution in [0, 0.1) is 11.8 Å². The van der Waals surface area contributed by atoms with Crippen molar-refractivity contribution >= 4 is 5.82 Å². The number of ether oxygens (including phenoxy) is 1. The number of nitrogens with zero attached hydrogens (tertiary/aromatic N) is 2. The summed E-state index contributed by atoms with van der Waals surface area (Å²) < 4.78 is 5.19. The fraction of sp³-hybridized carbons (Fsp3) is 0.643. The van der Waals surface area contributed by atoms with Gasteiger partial charge in [-0.3, -0.25) is 0 Å². The van der Waals surface area contributed by atoms with Gasteiger partial charge in [-0.1, -0.05) is 12.5 Å². The lowest BCUT2D eigenvalue weighted by molar-refractivity contribution is 0.260. The highest BCUT2D eigenvalue weighted by Gasteiger charge is 2.39. The van der Waals surface area contributed by atoms with Crippen molar-refractivity contribution in [1.82, 2.24) is 4.98 Å². The van der Waals surface area contributed by atoms with Crippen LogP contribution in [0.4, 0.5) is 5.82 Å². The number of rotatable bonds is 2. The molecule has 98 valence electrons. The Morgan fingerprint density at radius 1 is 1.33 bits per heavy atom. The molecule has 1 aliphatic heterocycles. The van der Waals surface area contributed by atoms with Crippen molar-refractivity contribution in [1.29, 1.82) is 0 Å². The average Bonchev–Trinajstić information content (AvgIpc) is 2.84. The molecule has 3 atom stereocenters. The Hall–Kier alpha value is -1.29. The van der Waals surface area contributed by atoms with Crippen LogP contribution in [0.2, 0.25) is 0 Å². The second-order valence-electron chi connectivity index (χ2n) is 5.46. The molecular weight excluding hydrogens is 226 g/mol. The number of aromatic nitrogens is 1. The first-order valence-corrected chi connectivity index (χ1v) is 6.79. The number of hydrogen-bond acceptors (Lipinski definition) is 4. The van der Waals surface area contributed by atoms with E-state index < -0.39 is 0 Å². The smallest absolute Gasteiger partial charge is 0.214 e. The van der Waals surface area contributed by atoms with Gasteiger partial charge in [-0.05, 0) is 30.7 Å².